The average molecular weight is 837 g/mol. The third kappa shape index (κ3) is 6.10. The first-order chi connectivity index (χ1) is 31.5. The maximum absolute atomic E-state index is 6.67. The predicted molar refractivity (Wildman–Crippen MR) is 274 cm³/mol. The summed E-state index contributed by atoms with van der Waals surface area (Å²) in [5.74, 6) is 0. The number of benzene rings is 10. The quantitative estimate of drug-likeness (QED) is 0.142. The van der Waals surface area contributed by atoms with E-state index in [4.69, 9.17) is 4.42 Å². The van der Waals surface area contributed by atoms with Crippen molar-refractivity contribution >= 4 is 85.3 Å². The summed E-state index contributed by atoms with van der Waals surface area (Å²) in [5, 5.41) is 7.78. The Balaban J connectivity index is 0.961. The smallest absolute Gasteiger partial charge is 0.159 e. The van der Waals surface area contributed by atoms with Crippen LogP contribution in [0.2, 0.25) is 13.1 Å². The second-order valence-electron chi connectivity index (χ2n) is 17.3. The highest BCUT2D eigenvalue weighted by molar-refractivity contribution is 7.03. The standard InChI is InChI=1S/C60H44N2OSi/c1-64(2)57-31-17-27-52-54(62(45-22-10-5-11-23-45)55-29-16-26-51-48-25-13-15-30-56(48)63-60(51)55)39-38-50(59(52)57)49-37-34-43(40-58(49)64)41-32-35-46(36-33-41)61(44-20-8-4-9-21-44)53-28-14-12-24-47(53)42-18-6-3-7-19-42/h3-40H,1-2H3. The van der Waals surface area contributed by atoms with Gasteiger partial charge >= 0.3 is 0 Å². The number of rotatable bonds is 8. The lowest BCUT2D eigenvalue weighted by Crippen LogP contribution is -2.55. The normalized spacial score (nSPS) is 12.7. The number of furan rings is 1. The van der Waals surface area contributed by atoms with Crippen LogP contribution in [0.15, 0.2) is 235 Å². The van der Waals surface area contributed by atoms with Crippen LogP contribution in [-0.2, 0) is 0 Å². The Morgan fingerprint density at radius 1 is 0.344 bits per heavy atom. The van der Waals surface area contributed by atoms with E-state index >= 15 is 0 Å². The van der Waals surface area contributed by atoms with Crippen LogP contribution in [0.5, 0.6) is 0 Å². The lowest BCUT2D eigenvalue weighted by atomic mass is 9.93. The number of anilines is 6. The van der Waals surface area contributed by atoms with Gasteiger partial charge in [0, 0.05) is 38.8 Å². The molecule has 11 aromatic rings. The fourth-order valence-electron chi connectivity index (χ4n) is 10.2. The van der Waals surface area contributed by atoms with Crippen LogP contribution in [-0.4, -0.2) is 8.07 Å². The van der Waals surface area contributed by atoms with Crippen LogP contribution in [0.4, 0.5) is 34.1 Å². The number of para-hydroxylation sites is 5. The zero-order valence-corrected chi connectivity index (χ0v) is 36.7. The molecule has 0 radical (unpaired) electrons. The van der Waals surface area contributed by atoms with E-state index in [-0.39, 0.29) is 0 Å². The van der Waals surface area contributed by atoms with Crippen LogP contribution < -0.4 is 20.2 Å². The van der Waals surface area contributed by atoms with Gasteiger partial charge in [-0.15, -0.1) is 0 Å². The van der Waals surface area contributed by atoms with E-state index in [1.54, 1.807) is 0 Å². The van der Waals surface area contributed by atoms with Crippen molar-refractivity contribution in [3.8, 4) is 33.4 Å². The largest absolute Gasteiger partial charge is 0.454 e. The van der Waals surface area contributed by atoms with Crippen molar-refractivity contribution in [2.75, 3.05) is 9.80 Å². The van der Waals surface area contributed by atoms with Crippen LogP contribution >= 0.6 is 0 Å². The summed E-state index contributed by atoms with van der Waals surface area (Å²) in [6.45, 7) is 5.05. The molecule has 3 nitrogen and oxygen atoms in total. The summed E-state index contributed by atoms with van der Waals surface area (Å²) in [6, 6.07) is 83.6. The summed E-state index contributed by atoms with van der Waals surface area (Å²) in [4.78, 5) is 4.76. The lowest BCUT2D eigenvalue weighted by molar-refractivity contribution is 0.669. The van der Waals surface area contributed by atoms with E-state index in [0.29, 0.717) is 0 Å². The van der Waals surface area contributed by atoms with Crippen molar-refractivity contribution in [2.45, 2.75) is 13.1 Å². The fourth-order valence-corrected chi connectivity index (χ4v) is 13.3. The molecular weight excluding hydrogens is 793 g/mol. The minimum Gasteiger partial charge on any atom is -0.454 e. The van der Waals surface area contributed by atoms with Crippen molar-refractivity contribution < 1.29 is 4.42 Å². The van der Waals surface area contributed by atoms with Crippen molar-refractivity contribution in [3.63, 3.8) is 0 Å². The van der Waals surface area contributed by atoms with Gasteiger partial charge in [0.05, 0.1) is 17.1 Å². The molecule has 4 heteroatoms. The molecule has 0 aliphatic carbocycles. The molecule has 304 valence electrons. The number of hydrogen-bond acceptors (Lipinski definition) is 3. The highest BCUT2D eigenvalue weighted by Gasteiger charge is 2.36. The number of fused-ring (bicyclic) bond motifs is 5. The third-order valence-corrected chi connectivity index (χ3v) is 16.8. The Hall–Kier alpha value is -7.92. The highest BCUT2D eigenvalue weighted by Crippen LogP contribution is 2.47. The molecular formula is C60H44N2OSi. The van der Waals surface area contributed by atoms with Crippen molar-refractivity contribution in [2.24, 2.45) is 0 Å². The Morgan fingerprint density at radius 3 is 1.70 bits per heavy atom. The van der Waals surface area contributed by atoms with Gasteiger partial charge in [-0.2, -0.15) is 0 Å². The Bertz CT molecular complexity index is 3520. The number of hydrogen-bond donors (Lipinski definition) is 0. The zero-order chi connectivity index (χ0) is 42.8. The molecule has 0 amide bonds. The van der Waals surface area contributed by atoms with Crippen molar-refractivity contribution in [3.05, 3.63) is 231 Å². The summed E-state index contributed by atoms with van der Waals surface area (Å²) in [6.07, 6.45) is 0. The van der Waals surface area contributed by atoms with Gasteiger partial charge in [0.1, 0.15) is 13.7 Å². The first kappa shape index (κ1) is 37.8. The molecule has 0 saturated heterocycles. The summed E-state index contributed by atoms with van der Waals surface area (Å²) < 4.78 is 6.67. The lowest BCUT2D eigenvalue weighted by Gasteiger charge is -2.35. The van der Waals surface area contributed by atoms with Gasteiger partial charge in [-0.3, -0.25) is 0 Å². The van der Waals surface area contributed by atoms with Gasteiger partial charge < -0.3 is 14.2 Å². The Morgan fingerprint density at radius 2 is 0.922 bits per heavy atom. The maximum atomic E-state index is 6.67. The van der Waals surface area contributed by atoms with E-state index < -0.39 is 8.07 Å². The molecule has 2 heterocycles. The van der Waals surface area contributed by atoms with Gasteiger partial charge in [-0.25, -0.2) is 0 Å². The average Bonchev–Trinajstić information content (AvgIpc) is 3.74. The molecule has 0 bridgehead atoms. The fraction of sp³-hybridized carbons (Fsp3) is 0.0333. The molecule has 1 aromatic heterocycles. The first-order valence-electron chi connectivity index (χ1n) is 22.1. The highest BCUT2D eigenvalue weighted by atomic mass is 28.3. The zero-order valence-electron chi connectivity index (χ0n) is 35.7. The van der Waals surface area contributed by atoms with Crippen molar-refractivity contribution in [1.29, 1.82) is 0 Å². The van der Waals surface area contributed by atoms with Crippen LogP contribution in [0.1, 0.15) is 0 Å². The minimum atomic E-state index is -2.21. The van der Waals surface area contributed by atoms with E-state index in [2.05, 4.69) is 247 Å². The second-order valence-corrected chi connectivity index (χ2v) is 21.6. The van der Waals surface area contributed by atoms with Crippen LogP contribution in [0.3, 0.4) is 0 Å². The molecule has 10 aromatic carbocycles. The summed E-state index contributed by atoms with van der Waals surface area (Å²) in [5.41, 5.74) is 15.9. The van der Waals surface area contributed by atoms with Crippen molar-refractivity contribution in [1.82, 2.24) is 0 Å². The van der Waals surface area contributed by atoms with Gasteiger partial charge in [-0.1, -0.05) is 183 Å². The van der Waals surface area contributed by atoms with E-state index in [0.717, 1.165) is 56.1 Å². The minimum absolute atomic E-state index is 0.887. The molecule has 0 unspecified atom stereocenters. The molecule has 0 saturated carbocycles. The van der Waals surface area contributed by atoms with E-state index in [1.807, 2.05) is 6.07 Å². The summed E-state index contributed by atoms with van der Waals surface area (Å²) in [7, 11) is -2.21. The molecule has 0 spiro atoms. The maximum Gasteiger partial charge on any atom is 0.159 e. The summed E-state index contributed by atoms with van der Waals surface area (Å²) >= 11 is 0. The number of nitrogens with zero attached hydrogens (tertiary/aromatic N) is 2. The molecule has 1 aliphatic heterocycles. The van der Waals surface area contributed by atoms with Gasteiger partial charge in [-0.05, 0) is 104 Å². The van der Waals surface area contributed by atoms with Gasteiger partial charge in [0.2, 0.25) is 0 Å². The predicted octanol–water partition coefficient (Wildman–Crippen LogP) is 15.8. The molecule has 1 aliphatic rings. The van der Waals surface area contributed by atoms with Gasteiger partial charge in [0.15, 0.2) is 5.58 Å². The monoisotopic (exact) mass is 836 g/mol. The van der Waals surface area contributed by atoms with E-state index in [1.165, 1.54) is 54.5 Å². The topological polar surface area (TPSA) is 19.6 Å². The van der Waals surface area contributed by atoms with Crippen LogP contribution in [0.25, 0.3) is 66.1 Å². The molecule has 64 heavy (non-hydrogen) atoms. The Kier molecular flexibility index (Phi) is 8.96. The SMILES string of the molecule is C[Si]1(C)c2cc(-c3ccc(N(c4ccccc4)c4ccccc4-c4ccccc4)cc3)ccc2-c2ccc(N(c3ccccc3)c3cccc4c3oc3ccccc34)c3cccc1c23. The van der Waals surface area contributed by atoms with E-state index in [9.17, 15) is 0 Å². The van der Waals surface area contributed by atoms with Crippen LogP contribution in [0, 0.1) is 0 Å². The Labute approximate surface area is 374 Å². The molecule has 0 N–H and O–H groups in total. The molecule has 0 fully saturated rings. The second kappa shape index (κ2) is 15.2. The third-order valence-electron chi connectivity index (χ3n) is 13.3. The van der Waals surface area contributed by atoms with Gasteiger partial charge in [0.25, 0.3) is 0 Å². The molecule has 0 atom stereocenters. The molecule has 12 rings (SSSR count). The first-order valence-corrected chi connectivity index (χ1v) is 25.1.